The Morgan fingerprint density at radius 2 is 1.80 bits per heavy atom. The molecule has 2 rings (SSSR count). The molecule has 0 bridgehead atoms. The van der Waals surface area contributed by atoms with Crippen LogP contribution in [0.2, 0.25) is 0 Å². The zero-order valence-corrected chi connectivity index (χ0v) is 16.3. The van der Waals surface area contributed by atoms with E-state index < -0.39 is 10.1 Å². The Bertz CT molecular complexity index is 814. The molecule has 0 radical (unpaired) electrons. The summed E-state index contributed by atoms with van der Waals surface area (Å²) in [6.45, 7) is 0.449. The van der Waals surface area contributed by atoms with Crippen LogP contribution < -0.4 is 0 Å². The lowest BCUT2D eigenvalue weighted by Crippen LogP contribution is -2.38. The summed E-state index contributed by atoms with van der Waals surface area (Å²) >= 11 is 3.29. The summed E-state index contributed by atoms with van der Waals surface area (Å²) in [4.78, 5) is 2.05. The Labute approximate surface area is 158 Å². The normalized spacial score (nSPS) is 12.7. The second-order valence-electron chi connectivity index (χ2n) is 5.66. The topological polar surface area (TPSA) is 46.6 Å². The fraction of sp³-hybridized carbons (Fsp3) is 0.263. The van der Waals surface area contributed by atoms with Gasteiger partial charge in [-0.15, -0.1) is 6.42 Å². The minimum atomic E-state index is -3.81. The van der Waals surface area contributed by atoms with Crippen LogP contribution in [-0.4, -0.2) is 39.6 Å². The van der Waals surface area contributed by atoms with Crippen molar-refractivity contribution in [2.75, 3.05) is 20.2 Å². The van der Waals surface area contributed by atoms with Crippen LogP contribution in [0.1, 0.15) is 5.56 Å². The second kappa shape index (κ2) is 9.16. The van der Waals surface area contributed by atoms with Crippen molar-refractivity contribution in [2.45, 2.75) is 17.4 Å². The van der Waals surface area contributed by atoms with E-state index in [1.807, 2.05) is 42.3 Å². The quantitative estimate of drug-likeness (QED) is 0.484. The molecular weight excluding hydrogens is 402 g/mol. The Balaban J connectivity index is 2.10. The fourth-order valence-electron chi connectivity index (χ4n) is 2.34. The van der Waals surface area contributed by atoms with Gasteiger partial charge in [-0.05, 0) is 43.3 Å². The van der Waals surface area contributed by atoms with E-state index >= 15 is 0 Å². The third kappa shape index (κ3) is 5.98. The third-order valence-electron chi connectivity index (χ3n) is 3.80. The highest BCUT2D eigenvalue weighted by Gasteiger charge is 2.21. The van der Waals surface area contributed by atoms with Crippen LogP contribution in [-0.2, 0) is 20.7 Å². The molecule has 0 amide bonds. The van der Waals surface area contributed by atoms with Gasteiger partial charge in [0.15, 0.2) is 0 Å². The maximum absolute atomic E-state index is 12.4. The van der Waals surface area contributed by atoms with Crippen molar-refractivity contribution in [3.63, 3.8) is 0 Å². The number of terminal acetylenes is 1. The van der Waals surface area contributed by atoms with Crippen molar-refractivity contribution in [3.8, 4) is 12.3 Å². The summed E-state index contributed by atoms with van der Waals surface area (Å²) < 4.78 is 30.9. The molecule has 0 spiro atoms. The molecule has 0 heterocycles. The molecule has 0 saturated carbocycles. The maximum atomic E-state index is 12.4. The Kier molecular flexibility index (Phi) is 7.21. The van der Waals surface area contributed by atoms with Crippen LogP contribution in [0.5, 0.6) is 0 Å². The predicted octanol–water partition coefficient (Wildman–Crippen LogP) is 3.33. The summed E-state index contributed by atoms with van der Waals surface area (Å²) in [7, 11) is -1.95. The highest BCUT2D eigenvalue weighted by Crippen LogP contribution is 2.18. The standard InChI is InChI=1S/C19H20BrNO3S/c1-3-13-21(2)18(14-16-7-5-4-6-8-16)15-24-25(22,23)19-11-9-17(20)10-12-19/h1,4-12,18H,13-15H2,2H3. The largest absolute Gasteiger partial charge is 0.297 e. The second-order valence-corrected chi connectivity index (χ2v) is 8.19. The summed E-state index contributed by atoms with van der Waals surface area (Å²) in [5.74, 6) is 2.58. The van der Waals surface area contributed by atoms with E-state index in [1.165, 1.54) is 12.1 Å². The number of hydrogen-bond acceptors (Lipinski definition) is 4. The fourth-order valence-corrected chi connectivity index (χ4v) is 3.54. The zero-order chi connectivity index (χ0) is 18.3. The molecule has 0 aromatic heterocycles. The molecular formula is C19H20BrNO3S. The molecule has 0 aliphatic rings. The molecule has 1 atom stereocenters. The van der Waals surface area contributed by atoms with Crippen LogP contribution >= 0.6 is 15.9 Å². The molecule has 0 aliphatic carbocycles. The van der Waals surface area contributed by atoms with E-state index in [4.69, 9.17) is 10.6 Å². The third-order valence-corrected chi connectivity index (χ3v) is 5.62. The van der Waals surface area contributed by atoms with Gasteiger partial charge in [-0.25, -0.2) is 0 Å². The lowest BCUT2D eigenvalue weighted by molar-refractivity contribution is 0.177. The van der Waals surface area contributed by atoms with Gasteiger partial charge in [0.05, 0.1) is 18.0 Å². The number of likely N-dealkylation sites (N-methyl/N-ethyl adjacent to an activating group) is 1. The summed E-state index contributed by atoms with van der Waals surface area (Å²) in [6, 6.07) is 16.1. The number of halogens is 1. The molecule has 25 heavy (non-hydrogen) atoms. The lowest BCUT2D eigenvalue weighted by atomic mass is 10.1. The first-order valence-electron chi connectivity index (χ1n) is 7.75. The van der Waals surface area contributed by atoms with E-state index in [2.05, 4.69) is 21.9 Å². The average molecular weight is 422 g/mol. The summed E-state index contributed by atoms with van der Waals surface area (Å²) in [6.07, 6.45) is 6.04. The van der Waals surface area contributed by atoms with Gasteiger partial charge in [0.2, 0.25) is 0 Å². The van der Waals surface area contributed by atoms with Crippen molar-refractivity contribution < 1.29 is 12.6 Å². The first-order valence-corrected chi connectivity index (χ1v) is 9.95. The summed E-state index contributed by atoms with van der Waals surface area (Å²) in [5.41, 5.74) is 1.10. The molecule has 0 fully saturated rings. The van der Waals surface area contributed by atoms with Gasteiger partial charge >= 0.3 is 0 Å². The Morgan fingerprint density at radius 3 is 2.40 bits per heavy atom. The molecule has 0 aliphatic heterocycles. The molecule has 4 nitrogen and oxygen atoms in total. The van der Waals surface area contributed by atoms with Crippen molar-refractivity contribution in [2.24, 2.45) is 0 Å². The smallest absolute Gasteiger partial charge is 0.290 e. The predicted molar refractivity (Wildman–Crippen MR) is 103 cm³/mol. The van der Waals surface area contributed by atoms with E-state index in [0.717, 1.165) is 10.0 Å². The van der Waals surface area contributed by atoms with Crippen molar-refractivity contribution in [1.82, 2.24) is 4.90 Å². The van der Waals surface area contributed by atoms with Crippen molar-refractivity contribution in [1.29, 1.82) is 0 Å². The minimum absolute atomic E-state index is 0.0332. The first kappa shape index (κ1) is 19.7. The van der Waals surface area contributed by atoms with E-state index in [0.29, 0.717) is 13.0 Å². The van der Waals surface area contributed by atoms with Gasteiger partial charge in [-0.1, -0.05) is 52.2 Å². The monoisotopic (exact) mass is 421 g/mol. The van der Waals surface area contributed by atoms with Gasteiger partial charge in [0.25, 0.3) is 10.1 Å². The maximum Gasteiger partial charge on any atom is 0.297 e. The van der Waals surface area contributed by atoms with Crippen LogP contribution in [0.4, 0.5) is 0 Å². The molecule has 2 aromatic rings. The molecule has 6 heteroatoms. The van der Waals surface area contributed by atoms with Crippen LogP contribution in [0.15, 0.2) is 64.0 Å². The van der Waals surface area contributed by atoms with E-state index in [-0.39, 0.29) is 17.5 Å². The van der Waals surface area contributed by atoms with Crippen LogP contribution in [0.25, 0.3) is 0 Å². The highest BCUT2D eigenvalue weighted by molar-refractivity contribution is 9.10. The molecule has 2 aromatic carbocycles. The van der Waals surface area contributed by atoms with Gasteiger partial charge in [-0.2, -0.15) is 8.42 Å². The number of rotatable bonds is 8. The van der Waals surface area contributed by atoms with Gasteiger partial charge in [-0.3, -0.25) is 9.08 Å². The molecule has 0 saturated heterocycles. The van der Waals surface area contributed by atoms with Crippen molar-refractivity contribution >= 4 is 26.0 Å². The highest BCUT2D eigenvalue weighted by atomic mass is 79.9. The number of benzene rings is 2. The van der Waals surface area contributed by atoms with Gasteiger partial charge in [0, 0.05) is 10.5 Å². The lowest BCUT2D eigenvalue weighted by Gasteiger charge is -2.26. The van der Waals surface area contributed by atoms with Gasteiger partial charge in [0.1, 0.15) is 0 Å². The average Bonchev–Trinajstić information content (AvgIpc) is 2.60. The van der Waals surface area contributed by atoms with Crippen molar-refractivity contribution in [3.05, 3.63) is 64.6 Å². The summed E-state index contributed by atoms with van der Waals surface area (Å²) in [5, 5.41) is 0. The van der Waals surface area contributed by atoms with Crippen LogP contribution in [0.3, 0.4) is 0 Å². The number of nitrogens with zero attached hydrogens (tertiary/aromatic N) is 1. The molecule has 132 valence electrons. The van der Waals surface area contributed by atoms with Crippen LogP contribution in [0, 0.1) is 12.3 Å². The zero-order valence-electron chi connectivity index (χ0n) is 13.9. The number of hydrogen-bond donors (Lipinski definition) is 0. The van der Waals surface area contributed by atoms with E-state index in [1.54, 1.807) is 12.1 Å². The first-order chi connectivity index (χ1) is 11.9. The molecule has 1 unspecified atom stereocenters. The Morgan fingerprint density at radius 1 is 1.16 bits per heavy atom. The Hall–Kier alpha value is -1.65. The van der Waals surface area contributed by atoms with Gasteiger partial charge < -0.3 is 0 Å². The minimum Gasteiger partial charge on any atom is -0.290 e. The van der Waals surface area contributed by atoms with E-state index in [9.17, 15) is 8.42 Å². The SMILES string of the molecule is C#CCN(C)C(COS(=O)(=O)c1ccc(Br)cc1)Cc1ccccc1. The molecule has 0 N–H and O–H groups in total.